The minimum Gasteiger partial charge on any atom is -0.397 e. The molecular weight excluding hydrogens is 208 g/mol. The lowest BCUT2D eigenvalue weighted by Gasteiger charge is -2.24. The molecule has 1 aromatic rings. The number of hydrogen-bond donors (Lipinski definition) is 2. The van der Waals surface area contributed by atoms with Gasteiger partial charge >= 0.3 is 0 Å². The molecule has 0 bridgehead atoms. The van der Waals surface area contributed by atoms with Crippen molar-refractivity contribution in [1.29, 1.82) is 0 Å². The SMILES string of the molecule is CCC1CCC(Nc2c(C)cccc2N)C1C. The van der Waals surface area contributed by atoms with Crippen LogP contribution in [0.25, 0.3) is 0 Å². The molecule has 1 fully saturated rings. The smallest absolute Gasteiger partial charge is 0.0605 e. The molecule has 2 rings (SSSR count). The number of nitrogen functional groups attached to an aromatic ring is 1. The van der Waals surface area contributed by atoms with Crippen molar-refractivity contribution in [3.05, 3.63) is 23.8 Å². The first kappa shape index (κ1) is 12.3. The first-order valence-electron chi connectivity index (χ1n) is 6.75. The van der Waals surface area contributed by atoms with Gasteiger partial charge in [0.1, 0.15) is 0 Å². The van der Waals surface area contributed by atoms with Gasteiger partial charge in [-0.25, -0.2) is 0 Å². The fraction of sp³-hybridized carbons (Fsp3) is 0.600. The third kappa shape index (κ3) is 2.41. The third-order valence-electron chi connectivity index (χ3n) is 4.39. The number of rotatable bonds is 3. The third-order valence-corrected chi connectivity index (χ3v) is 4.39. The number of benzene rings is 1. The van der Waals surface area contributed by atoms with Crippen LogP contribution in [0.3, 0.4) is 0 Å². The highest BCUT2D eigenvalue weighted by molar-refractivity contribution is 5.70. The summed E-state index contributed by atoms with van der Waals surface area (Å²) < 4.78 is 0. The average molecular weight is 232 g/mol. The topological polar surface area (TPSA) is 38.0 Å². The van der Waals surface area contributed by atoms with Gasteiger partial charge in [0, 0.05) is 6.04 Å². The van der Waals surface area contributed by atoms with E-state index in [1.165, 1.54) is 24.8 Å². The summed E-state index contributed by atoms with van der Waals surface area (Å²) in [6.07, 6.45) is 3.91. The van der Waals surface area contributed by atoms with E-state index in [1.54, 1.807) is 0 Å². The highest BCUT2D eigenvalue weighted by atomic mass is 15.0. The Morgan fingerprint density at radius 3 is 2.71 bits per heavy atom. The predicted octanol–water partition coefficient (Wildman–Crippen LogP) is 3.81. The van der Waals surface area contributed by atoms with E-state index in [0.29, 0.717) is 6.04 Å². The zero-order valence-corrected chi connectivity index (χ0v) is 11.2. The van der Waals surface area contributed by atoms with Crippen LogP contribution in [-0.2, 0) is 0 Å². The van der Waals surface area contributed by atoms with Crippen LogP contribution in [0, 0.1) is 18.8 Å². The summed E-state index contributed by atoms with van der Waals surface area (Å²) in [5.74, 6) is 1.62. The summed E-state index contributed by atoms with van der Waals surface area (Å²) in [5, 5.41) is 3.67. The zero-order valence-electron chi connectivity index (χ0n) is 11.2. The summed E-state index contributed by atoms with van der Waals surface area (Å²) >= 11 is 0. The number of aryl methyl sites for hydroxylation is 1. The molecule has 2 nitrogen and oxygen atoms in total. The van der Waals surface area contributed by atoms with Crippen LogP contribution >= 0.6 is 0 Å². The van der Waals surface area contributed by atoms with E-state index in [0.717, 1.165) is 23.2 Å². The summed E-state index contributed by atoms with van der Waals surface area (Å²) in [7, 11) is 0. The van der Waals surface area contributed by atoms with Gasteiger partial charge in [0.2, 0.25) is 0 Å². The van der Waals surface area contributed by atoms with Gasteiger partial charge in [0.25, 0.3) is 0 Å². The maximum absolute atomic E-state index is 6.05. The van der Waals surface area contributed by atoms with E-state index < -0.39 is 0 Å². The van der Waals surface area contributed by atoms with E-state index in [2.05, 4.69) is 32.2 Å². The normalized spacial score (nSPS) is 28.3. The van der Waals surface area contributed by atoms with Gasteiger partial charge in [0.05, 0.1) is 11.4 Å². The minimum atomic E-state index is 0.586. The molecule has 94 valence electrons. The Balaban J connectivity index is 2.12. The van der Waals surface area contributed by atoms with E-state index in [9.17, 15) is 0 Å². The van der Waals surface area contributed by atoms with Crippen molar-refractivity contribution in [3.63, 3.8) is 0 Å². The first-order valence-corrected chi connectivity index (χ1v) is 6.75. The van der Waals surface area contributed by atoms with Gasteiger partial charge in [-0.1, -0.05) is 32.4 Å². The van der Waals surface area contributed by atoms with Crippen LogP contribution in [0.4, 0.5) is 11.4 Å². The Morgan fingerprint density at radius 1 is 1.35 bits per heavy atom. The molecule has 0 heterocycles. The second-order valence-electron chi connectivity index (χ2n) is 5.39. The average Bonchev–Trinajstić information content (AvgIpc) is 2.65. The Hall–Kier alpha value is -1.18. The second kappa shape index (κ2) is 4.99. The molecule has 1 aliphatic carbocycles. The molecule has 3 unspecified atom stereocenters. The molecule has 0 saturated heterocycles. The Labute approximate surface area is 105 Å². The number of para-hydroxylation sites is 1. The van der Waals surface area contributed by atoms with Gasteiger partial charge in [-0.15, -0.1) is 0 Å². The van der Waals surface area contributed by atoms with Crippen LogP contribution in [0.1, 0.15) is 38.7 Å². The zero-order chi connectivity index (χ0) is 12.4. The molecule has 17 heavy (non-hydrogen) atoms. The Morgan fingerprint density at radius 2 is 2.12 bits per heavy atom. The highest BCUT2D eigenvalue weighted by Gasteiger charge is 2.31. The van der Waals surface area contributed by atoms with Gasteiger partial charge < -0.3 is 11.1 Å². The monoisotopic (exact) mass is 232 g/mol. The first-order chi connectivity index (χ1) is 8.13. The fourth-order valence-electron chi connectivity index (χ4n) is 3.10. The minimum absolute atomic E-state index is 0.586. The van der Waals surface area contributed by atoms with Crippen molar-refractivity contribution in [2.45, 2.75) is 46.1 Å². The molecular formula is C15H24N2. The Bertz CT molecular complexity index is 366. The molecule has 1 aliphatic rings. The maximum Gasteiger partial charge on any atom is 0.0605 e. The summed E-state index contributed by atoms with van der Waals surface area (Å²) in [4.78, 5) is 0. The molecule has 0 radical (unpaired) electrons. The molecule has 3 atom stereocenters. The summed E-state index contributed by atoms with van der Waals surface area (Å²) in [6.45, 7) is 6.79. The number of nitrogens with one attached hydrogen (secondary N) is 1. The maximum atomic E-state index is 6.05. The standard InChI is InChI=1S/C15H24N2/c1-4-12-8-9-14(11(12)3)17-15-10(2)6-5-7-13(15)16/h5-7,11-12,14,17H,4,8-9,16H2,1-3H3. The largest absolute Gasteiger partial charge is 0.397 e. The molecule has 3 N–H and O–H groups in total. The van der Waals surface area contributed by atoms with E-state index in [4.69, 9.17) is 5.73 Å². The lowest BCUT2D eigenvalue weighted by molar-refractivity contribution is 0.392. The fourth-order valence-corrected chi connectivity index (χ4v) is 3.10. The molecule has 1 saturated carbocycles. The summed E-state index contributed by atoms with van der Waals surface area (Å²) in [5.41, 5.74) is 9.31. The van der Waals surface area contributed by atoms with Crippen LogP contribution in [0.15, 0.2) is 18.2 Å². The van der Waals surface area contributed by atoms with Crippen LogP contribution in [0.2, 0.25) is 0 Å². The van der Waals surface area contributed by atoms with Crippen LogP contribution in [-0.4, -0.2) is 6.04 Å². The number of anilines is 2. The van der Waals surface area contributed by atoms with E-state index >= 15 is 0 Å². The molecule has 2 heteroatoms. The molecule has 0 aromatic heterocycles. The predicted molar refractivity (Wildman–Crippen MR) is 75.2 cm³/mol. The van der Waals surface area contributed by atoms with Crippen molar-refractivity contribution in [3.8, 4) is 0 Å². The lowest BCUT2D eigenvalue weighted by atomic mass is 9.93. The second-order valence-corrected chi connectivity index (χ2v) is 5.39. The molecule has 0 aliphatic heterocycles. The van der Waals surface area contributed by atoms with Crippen molar-refractivity contribution in [1.82, 2.24) is 0 Å². The van der Waals surface area contributed by atoms with Crippen molar-refractivity contribution in [2.24, 2.45) is 11.8 Å². The van der Waals surface area contributed by atoms with Crippen molar-refractivity contribution < 1.29 is 0 Å². The molecule has 0 amide bonds. The van der Waals surface area contributed by atoms with Gasteiger partial charge in [0.15, 0.2) is 0 Å². The molecule has 0 spiro atoms. The van der Waals surface area contributed by atoms with Crippen LogP contribution < -0.4 is 11.1 Å². The highest BCUT2D eigenvalue weighted by Crippen LogP contribution is 2.37. The van der Waals surface area contributed by atoms with E-state index in [-0.39, 0.29) is 0 Å². The van der Waals surface area contributed by atoms with Crippen molar-refractivity contribution >= 4 is 11.4 Å². The van der Waals surface area contributed by atoms with Crippen molar-refractivity contribution in [2.75, 3.05) is 11.1 Å². The number of hydrogen-bond acceptors (Lipinski definition) is 2. The summed E-state index contributed by atoms with van der Waals surface area (Å²) in [6, 6.07) is 6.70. The number of nitrogens with two attached hydrogens (primary N) is 1. The van der Waals surface area contributed by atoms with Gasteiger partial charge in [-0.3, -0.25) is 0 Å². The lowest BCUT2D eigenvalue weighted by Crippen LogP contribution is -2.25. The van der Waals surface area contributed by atoms with Gasteiger partial charge in [-0.2, -0.15) is 0 Å². The van der Waals surface area contributed by atoms with Crippen LogP contribution in [0.5, 0.6) is 0 Å². The molecule has 1 aromatic carbocycles. The van der Waals surface area contributed by atoms with E-state index in [1.807, 2.05) is 12.1 Å². The van der Waals surface area contributed by atoms with Gasteiger partial charge in [-0.05, 0) is 43.2 Å². The Kier molecular flexibility index (Phi) is 3.60. The quantitative estimate of drug-likeness (QED) is 0.778.